The zero-order valence-electron chi connectivity index (χ0n) is 13.9. The Morgan fingerprint density at radius 3 is 2.25 bits per heavy atom. The summed E-state index contributed by atoms with van der Waals surface area (Å²) in [4.78, 5) is 2.48. The van der Waals surface area contributed by atoms with Crippen LogP contribution in [0.3, 0.4) is 0 Å². The van der Waals surface area contributed by atoms with Crippen LogP contribution < -0.4 is 5.32 Å². The zero-order valence-corrected chi connectivity index (χ0v) is 13.9. The smallest absolute Gasteiger partial charge is 0.0475 e. The molecule has 1 N–H and O–H groups in total. The first kappa shape index (κ1) is 17.2. The average Bonchev–Trinajstić information content (AvgIpc) is 2.49. The number of benzene rings is 1. The molecule has 0 radical (unpaired) electrons. The maximum Gasteiger partial charge on any atom is 0.0475 e. The Bertz CT molecular complexity index is 358. The second kappa shape index (κ2) is 9.15. The molecule has 20 heavy (non-hydrogen) atoms. The second-order valence-electron chi connectivity index (χ2n) is 5.71. The van der Waals surface area contributed by atoms with Crippen LogP contribution in [-0.4, -0.2) is 31.1 Å². The summed E-state index contributed by atoms with van der Waals surface area (Å²) in [5, 5.41) is 3.65. The molecule has 0 aliphatic carbocycles. The van der Waals surface area contributed by atoms with Gasteiger partial charge in [0.05, 0.1) is 0 Å². The molecule has 0 amide bonds. The van der Waals surface area contributed by atoms with Crippen molar-refractivity contribution in [3.8, 4) is 0 Å². The van der Waals surface area contributed by atoms with Crippen molar-refractivity contribution in [3.05, 3.63) is 35.4 Å². The van der Waals surface area contributed by atoms with Crippen LogP contribution in [-0.2, 0) is 6.42 Å². The van der Waals surface area contributed by atoms with E-state index in [0.29, 0.717) is 12.1 Å². The van der Waals surface area contributed by atoms with Crippen LogP contribution in [0.2, 0.25) is 0 Å². The minimum absolute atomic E-state index is 0.410. The molecule has 0 fully saturated rings. The van der Waals surface area contributed by atoms with Crippen molar-refractivity contribution >= 4 is 0 Å². The highest BCUT2D eigenvalue weighted by Crippen LogP contribution is 2.21. The molecule has 114 valence electrons. The van der Waals surface area contributed by atoms with Gasteiger partial charge in [-0.1, -0.05) is 51.5 Å². The molecule has 0 saturated carbocycles. The van der Waals surface area contributed by atoms with E-state index in [9.17, 15) is 0 Å². The molecular weight excluding hydrogens is 244 g/mol. The van der Waals surface area contributed by atoms with Gasteiger partial charge in [0.15, 0.2) is 0 Å². The lowest BCUT2D eigenvalue weighted by molar-refractivity contribution is 0.205. The van der Waals surface area contributed by atoms with Gasteiger partial charge in [0.1, 0.15) is 0 Å². The molecule has 0 heterocycles. The lowest BCUT2D eigenvalue weighted by atomic mass is 9.97. The Kier molecular flexibility index (Phi) is 7.86. The number of unbranched alkanes of at least 4 members (excludes halogenated alkanes) is 1. The fourth-order valence-electron chi connectivity index (χ4n) is 2.61. The first-order chi connectivity index (χ1) is 9.63. The normalized spacial score (nSPS) is 14.5. The van der Waals surface area contributed by atoms with E-state index in [4.69, 9.17) is 0 Å². The van der Waals surface area contributed by atoms with E-state index < -0.39 is 0 Å². The van der Waals surface area contributed by atoms with Crippen LogP contribution in [0.25, 0.3) is 0 Å². The SMILES string of the molecule is CCCCN(C)C(C)C(NCC)c1ccc(CC)cc1. The minimum atomic E-state index is 0.410. The summed E-state index contributed by atoms with van der Waals surface area (Å²) < 4.78 is 0. The summed E-state index contributed by atoms with van der Waals surface area (Å²) >= 11 is 0. The van der Waals surface area contributed by atoms with Crippen molar-refractivity contribution in [2.24, 2.45) is 0 Å². The van der Waals surface area contributed by atoms with E-state index in [-0.39, 0.29) is 0 Å². The number of rotatable bonds is 9. The van der Waals surface area contributed by atoms with Gasteiger partial charge < -0.3 is 10.2 Å². The van der Waals surface area contributed by atoms with E-state index in [1.54, 1.807) is 0 Å². The molecule has 0 spiro atoms. The van der Waals surface area contributed by atoms with Crippen LogP contribution in [0, 0.1) is 0 Å². The van der Waals surface area contributed by atoms with Crippen molar-refractivity contribution in [3.63, 3.8) is 0 Å². The van der Waals surface area contributed by atoms with Crippen molar-refractivity contribution in [1.82, 2.24) is 10.2 Å². The molecule has 1 aromatic rings. The third-order valence-corrected chi connectivity index (χ3v) is 4.21. The molecule has 0 saturated heterocycles. The van der Waals surface area contributed by atoms with E-state index in [1.165, 1.54) is 30.5 Å². The van der Waals surface area contributed by atoms with Crippen molar-refractivity contribution in [1.29, 1.82) is 0 Å². The summed E-state index contributed by atoms with van der Waals surface area (Å²) in [5.74, 6) is 0. The molecule has 0 aliphatic rings. The quantitative estimate of drug-likeness (QED) is 0.733. The van der Waals surface area contributed by atoms with Gasteiger partial charge >= 0.3 is 0 Å². The van der Waals surface area contributed by atoms with Gasteiger partial charge in [0.2, 0.25) is 0 Å². The third-order valence-electron chi connectivity index (χ3n) is 4.21. The molecule has 2 nitrogen and oxygen atoms in total. The summed E-state index contributed by atoms with van der Waals surface area (Å²) in [7, 11) is 2.24. The molecule has 1 rings (SSSR count). The lowest BCUT2D eigenvalue weighted by Crippen LogP contribution is -2.41. The number of nitrogens with one attached hydrogen (secondary N) is 1. The molecule has 2 atom stereocenters. The number of hydrogen-bond donors (Lipinski definition) is 1. The van der Waals surface area contributed by atoms with Crippen molar-refractivity contribution in [2.45, 2.75) is 59.0 Å². The van der Waals surface area contributed by atoms with Crippen LogP contribution in [0.15, 0.2) is 24.3 Å². The van der Waals surface area contributed by atoms with Crippen LogP contribution in [0.4, 0.5) is 0 Å². The zero-order chi connectivity index (χ0) is 15.0. The molecule has 0 aliphatic heterocycles. The van der Waals surface area contributed by atoms with Crippen molar-refractivity contribution in [2.75, 3.05) is 20.1 Å². The molecule has 1 aromatic carbocycles. The Hall–Kier alpha value is -0.860. The van der Waals surface area contributed by atoms with Crippen LogP contribution in [0.5, 0.6) is 0 Å². The largest absolute Gasteiger partial charge is 0.309 e. The van der Waals surface area contributed by atoms with Gasteiger partial charge in [-0.05, 0) is 51.0 Å². The van der Waals surface area contributed by atoms with Gasteiger partial charge in [-0.2, -0.15) is 0 Å². The van der Waals surface area contributed by atoms with Crippen LogP contribution in [0.1, 0.15) is 57.7 Å². The predicted molar refractivity (Wildman–Crippen MR) is 89.2 cm³/mol. The molecule has 0 aromatic heterocycles. The minimum Gasteiger partial charge on any atom is -0.309 e. The van der Waals surface area contributed by atoms with Gasteiger partial charge in [-0.3, -0.25) is 0 Å². The summed E-state index contributed by atoms with van der Waals surface area (Å²) in [6.07, 6.45) is 3.64. The fourth-order valence-corrected chi connectivity index (χ4v) is 2.61. The average molecular weight is 276 g/mol. The number of aryl methyl sites for hydroxylation is 1. The Labute approximate surface area is 125 Å². The van der Waals surface area contributed by atoms with Crippen molar-refractivity contribution < 1.29 is 0 Å². The van der Waals surface area contributed by atoms with E-state index in [0.717, 1.165) is 13.0 Å². The van der Waals surface area contributed by atoms with Gasteiger partial charge in [-0.25, -0.2) is 0 Å². The second-order valence-corrected chi connectivity index (χ2v) is 5.71. The number of hydrogen-bond acceptors (Lipinski definition) is 2. The summed E-state index contributed by atoms with van der Waals surface area (Å²) in [6, 6.07) is 10.0. The fraction of sp³-hybridized carbons (Fsp3) is 0.667. The molecular formula is C18H32N2. The predicted octanol–water partition coefficient (Wildman–Crippen LogP) is 4.02. The van der Waals surface area contributed by atoms with Gasteiger partial charge in [0, 0.05) is 12.1 Å². The Morgan fingerprint density at radius 2 is 1.75 bits per heavy atom. The lowest BCUT2D eigenvalue weighted by Gasteiger charge is -2.33. The van der Waals surface area contributed by atoms with E-state index in [1.807, 2.05) is 0 Å². The first-order valence-corrected chi connectivity index (χ1v) is 8.16. The Morgan fingerprint density at radius 1 is 1.10 bits per heavy atom. The highest BCUT2D eigenvalue weighted by atomic mass is 15.2. The molecule has 2 unspecified atom stereocenters. The molecule has 0 bridgehead atoms. The summed E-state index contributed by atoms with van der Waals surface area (Å²) in [5.41, 5.74) is 2.82. The first-order valence-electron chi connectivity index (χ1n) is 8.16. The maximum atomic E-state index is 3.65. The number of nitrogens with zero attached hydrogens (tertiary/aromatic N) is 1. The Balaban J connectivity index is 2.80. The highest BCUT2D eigenvalue weighted by Gasteiger charge is 2.21. The molecule has 2 heteroatoms. The standard InChI is InChI=1S/C18H32N2/c1-6-9-14-20(5)15(4)18(19-8-3)17-12-10-16(7-2)11-13-17/h10-13,15,18-19H,6-9,14H2,1-5H3. The van der Waals surface area contributed by atoms with Gasteiger partial charge in [0.25, 0.3) is 0 Å². The monoisotopic (exact) mass is 276 g/mol. The maximum absolute atomic E-state index is 3.65. The van der Waals surface area contributed by atoms with Gasteiger partial charge in [-0.15, -0.1) is 0 Å². The number of likely N-dealkylation sites (N-methyl/N-ethyl adjacent to an activating group) is 2. The summed E-state index contributed by atoms with van der Waals surface area (Å²) in [6.45, 7) is 11.2. The van der Waals surface area contributed by atoms with E-state index in [2.05, 4.69) is 69.2 Å². The van der Waals surface area contributed by atoms with Crippen LogP contribution >= 0.6 is 0 Å². The van der Waals surface area contributed by atoms with E-state index >= 15 is 0 Å². The topological polar surface area (TPSA) is 15.3 Å². The highest BCUT2D eigenvalue weighted by molar-refractivity contribution is 5.26. The third kappa shape index (κ3) is 4.92.